The second-order valence-electron chi connectivity index (χ2n) is 8.65. The van der Waals surface area contributed by atoms with E-state index in [4.69, 9.17) is 9.95 Å². The SMILES string of the molecule is CCCCCCCCCNC(=O)CCc1cn(CCc2cc(=O)oc3cc(N=[N+]=[N-])ccc23)nn1. The summed E-state index contributed by atoms with van der Waals surface area (Å²) in [6, 6.07) is 6.46. The molecule has 2 aromatic heterocycles. The fourth-order valence-corrected chi connectivity index (χ4v) is 3.98. The third-order valence-electron chi connectivity index (χ3n) is 5.88. The van der Waals surface area contributed by atoms with E-state index in [0.29, 0.717) is 37.1 Å². The number of aromatic nitrogens is 3. The average molecular weight is 480 g/mol. The zero-order chi connectivity index (χ0) is 24.9. The Bertz CT molecular complexity index is 1210. The number of unbranched alkanes of at least 4 members (excludes halogenated alkanes) is 6. The number of aryl methyl sites for hydroxylation is 3. The van der Waals surface area contributed by atoms with Gasteiger partial charge in [-0.15, -0.1) is 5.10 Å². The second kappa shape index (κ2) is 13.9. The third kappa shape index (κ3) is 8.57. The van der Waals surface area contributed by atoms with Gasteiger partial charge in [-0.05, 0) is 30.0 Å². The Labute approximate surface area is 204 Å². The summed E-state index contributed by atoms with van der Waals surface area (Å²) in [7, 11) is 0. The first-order chi connectivity index (χ1) is 17.1. The van der Waals surface area contributed by atoms with Crippen molar-refractivity contribution in [1.82, 2.24) is 20.3 Å². The second-order valence-corrected chi connectivity index (χ2v) is 8.65. The minimum Gasteiger partial charge on any atom is -0.423 e. The molecule has 0 saturated heterocycles. The smallest absolute Gasteiger partial charge is 0.336 e. The number of benzene rings is 1. The molecule has 1 aromatic carbocycles. The molecule has 0 aliphatic heterocycles. The van der Waals surface area contributed by atoms with E-state index in [9.17, 15) is 9.59 Å². The molecule has 0 unspecified atom stereocenters. The molecule has 10 nitrogen and oxygen atoms in total. The van der Waals surface area contributed by atoms with Gasteiger partial charge in [-0.25, -0.2) is 4.79 Å². The average Bonchev–Trinajstić information content (AvgIpc) is 3.30. The Morgan fingerprint density at radius 3 is 2.74 bits per heavy atom. The van der Waals surface area contributed by atoms with E-state index in [2.05, 4.69) is 32.6 Å². The van der Waals surface area contributed by atoms with E-state index in [1.54, 1.807) is 22.9 Å². The lowest BCUT2D eigenvalue weighted by Gasteiger charge is -2.06. The first-order valence-corrected chi connectivity index (χ1v) is 12.4. The first-order valence-electron chi connectivity index (χ1n) is 12.4. The summed E-state index contributed by atoms with van der Waals surface area (Å²) in [6.45, 7) is 3.46. The predicted molar refractivity (Wildman–Crippen MR) is 134 cm³/mol. The van der Waals surface area contributed by atoms with Crippen molar-refractivity contribution in [2.24, 2.45) is 5.11 Å². The number of hydrogen-bond acceptors (Lipinski definition) is 6. The van der Waals surface area contributed by atoms with E-state index in [1.165, 1.54) is 38.2 Å². The Morgan fingerprint density at radius 1 is 1.14 bits per heavy atom. The Hall–Kier alpha value is -3.65. The highest BCUT2D eigenvalue weighted by Gasteiger charge is 2.09. The van der Waals surface area contributed by atoms with Crippen LogP contribution in [0.1, 0.15) is 69.5 Å². The van der Waals surface area contributed by atoms with Crippen molar-refractivity contribution in [2.75, 3.05) is 6.54 Å². The van der Waals surface area contributed by atoms with Gasteiger partial charge in [-0.1, -0.05) is 67.9 Å². The van der Waals surface area contributed by atoms with E-state index >= 15 is 0 Å². The zero-order valence-electron chi connectivity index (χ0n) is 20.3. The number of nitrogens with one attached hydrogen (secondary N) is 1. The largest absolute Gasteiger partial charge is 0.423 e. The molecule has 0 radical (unpaired) electrons. The lowest BCUT2D eigenvalue weighted by Crippen LogP contribution is -2.24. The van der Waals surface area contributed by atoms with Gasteiger partial charge in [0, 0.05) is 54.2 Å². The molecule has 0 fully saturated rings. The molecule has 0 saturated carbocycles. The molecule has 35 heavy (non-hydrogen) atoms. The van der Waals surface area contributed by atoms with Crippen LogP contribution in [0.25, 0.3) is 21.4 Å². The summed E-state index contributed by atoms with van der Waals surface area (Å²) < 4.78 is 6.96. The van der Waals surface area contributed by atoms with Gasteiger partial charge < -0.3 is 9.73 Å². The summed E-state index contributed by atoms with van der Waals surface area (Å²) in [6.07, 6.45) is 11.9. The van der Waals surface area contributed by atoms with Crippen LogP contribution in [0.5, 0.6) is 0 Å². The van der Waals surface area contributed by atoms with Gasteiger partial charge in [0.1, 0.15) is 5.58 Å². The van der Waals surface area contributed by atoms with Gasteiger partial charge in [0.05, 0.1) is 5.69 Å². The molecular formula is C25H33N7O3. The fourth-order valence-electron chi connectivity index (χ4n) is 3.98. The van der Waals surface area contributed by atoms with E-state index in [0.717, 1.165) is 36.0 Å². The van der Waals surface area contributed by atoms with Crippen molar-refractivity contribution in [3.8, 4) is 0 Å². The topological polar surface area (TPSA) is 139 Å². The molecule has 0 bridgehead atoms. The van der Waals surface area contributed by atoms with E-state index < -0.39 is 5.63 Å². The van der Waals surface area contributed by atoms with Crippen LogP contribution in [0, 0.1) is 0 Å². The lowest BCUT2D eigenvalue weighted by molar-refractivity contribution is -0.121. The number of azide groups is 1. The molecule has 3 rings (SSSR count). The highest BCUT2D eigenvalue weighted by Crippen LogP contribution is 2.23. The normalized spacial score (nSPS) is 10.9. The van der Waals surface area contributed by atoms with Crippen LogP contribution < -0.4 is 10.9 Å². The Kier molecular flexibility index (Phi) is 10.3. The van der Waals surface area contributed by atoms with Crippen LogP contribution in [0.3, 0.4) is 0 Å². The summed E-state index contributed by atoms with van der Waals surface area (Å²) >= 11 is 0. The molecule has 0 aliphatic rings. The van der Waals surface area contributed by atoms with Crippen molar-refractivity contribution in [1.29, 1.82) is 0 Å². The maximum Gasteiger partial charge on any atom is 0.336 e. The molecule has 0 atom stereocenters. The maximum atomic E-state index is 12.1. The summed E-state index contributed by atoms with van der Waals surface area (Å²) in [5.74, 6) is 0.0353. The molecule has 0 aliphatic carbocycles. The van der Waals surface area contributed by atoms with Crippen molar-refractivity contribution in [3.63, 3.8) is 0 Å². The number of carbonyl (C=O) groups is 1. The molecular weight excluding hydrogens is 446 g/mol. The quantitative estimate of drug-likeness (QED) is 0.103. The van der Waals surface area contributed by atoms with Gasteiger partial charge in [-0.3, -0.25) is 9.48 Å². The predicted octanol–water partition coefficient (Wildman–Crippen LogP) is 5.37. The van der Waals surface area contributed by atoms with Crippen LogP contribution in [-0.2, 0) is 24.2 Å². The molecule has 1 amide bonds. The molecule has 10 heteroatoms. The Balaban J connectivity index is 1.43. The Morgan fingerprint density at radius 2 is 1.94 bits per heavy atom. The maximum absolute atomic E-state index is 12.1. The number of nitrogens with zero attached hydrogens (tertiary/aromatic N) is 6. The molecule has 1 N–H and O–H groups in total. The van der Waals surface area contributed by atoms with Crippen LogP contribution in [0.4, 0.5) is 5.69 Å². The minimum absolute atomic E-state index is 0.0353. The van der Waals surface area contributed by atoms with Gasteiger partial charge in [-0.2, -0.15) is 0 Å². The highest BCUT2D eigenvalue weighted by molar-refractivity contribution is 5.82. The van der Waals surface area contributed by atoms with E-state index in [1.807, 2.05) is 6.20 Å². The zero-order valence-corrected chi connectivity index (χ0v) is 20.3. The molecule has 186 valence electrons. The number of hydrogen-bond donors (Lipinski definition) is 1. The summed E-state index contributed by atoms with van der Waals surface area (Å²) in [4.78, 5) is 26.8. The van der Waals surface area contributed by atoms with Gasteiger partial charge in [0.15, 0.2) is 0 Å². The van der Waals surface area contributed by atoms with Crippen LogP contribution >= 0.6 is 0 Å². The van der Waals surface area contributed by atoms with E-state index in [-0.39, 0.29) is 5.91 Å². The molecule has 2 heterocycles. The van der Waals surface area contributed by atoms with Crippen LogP contribution in [0.2, 0.25) is 0 Å². The van der Waals surface area contributed by atoms with Crippen molar-refractivity contribution in [3.05, 3.63) is 62.6 Å². The van der Waals surface area contributed by atoms with Gasteiger partial charge in [0.25, 0.3) is 0 Å². The summed E-state index contributed by atoms with van der Waals surface area (Å²) in [5, 5.41) is 15.6. The summed E-state index contributed by atoms with van der Waals surface area (Å²) in [5.41, 5.74) is 10.5. The van der Waals surface area contributed by atoms with Gasteiger partial charge >= 0.3 is 5.63 Å². The van der Waals surface area contributed by atoms with Crippen LogP contribution in [-0.4, -0.2) is 27.4 Å². The first kappa shape index (κ1) is 26.0. The number of carbonyl (C=O) groups excluding carboxylic acids is 1. The number of amides is 1. The standard InChI is InChI=1S/C25H33N7O3/c1-2-3-4-5-6-7-8-14-27-24(33)12-10-21-18-32(31-29-21)15-13-19-16-25(34)35-23-17-20(28-30-26)9-11-22(19)23/h9,11,16-18H,2-8,10,12-15H2,1H3,(H,27,33). The molecule has 3 aromatic rings. The number of rotatable bonds is 15. The van der Waals surface area contributed by atoms with Crippen molar-refractivity contribution in [2.45, 2.75) is 77.7 Å². The third-order valence-corrected chi connectivity index (χ3v) is 5.88. The monoisotopic (exact) mass is 479 g/mol. The van der Waals surface area contributed by atoms with Gasteiger partial charge in [0.2, 0.25) is 5.91 Å². The van der Waals surface area contributed by atoms with Crippen molar-refractivity contribution < 1.29 is 9.21 Å². The fraction of sp³-hybridized carbons (Fsp3) is 0.520. The number of fused-ring (bicyclic) bond motifs is 1. The highest BCUT2D eigenvalue weighted by atomic mass is 16.4. The van der Waals surface area contributed by atoms with Crippen molar-refractivity contribution >= 4 is 22.6 Å². The molecule has 0 spiro atoms. The van der Waals surface area contributed by atoms with Crippen LogP contribution in [0.15, 0.2) is 44.8 Å². The lowest BCUT2D eigenvalue weighted by atomic mass is 10.1. The minimum atomic E-state index is -0.465.